The molecule has 1 heterocycles. The zero-order valence-corrected chi connectivity index (χ0v) is 15.0. The van der Waals surface area contributed by atoms with E-state index in [-0.39, 0.29) is 11.7 Å². The van der Waals surface area contributed by atoms with E-state index in [1.54, 1.807) is 29.9 Å². The molecule has 0 N–H and O–H groups in total. The van der Waals surface area contributed by atoms with Crippen LogP contribution in [0.15, 0.2) is 41.2 Å². The van der Waals surface area contributed by atoms with Crippen LogP contribution in [0.3, 0.4) is 0 Å². The van der Waals surface area contributed by atoms with Crippen LogP contribution in [0.1, 0.15) is 19.9 Å². The molecule has 3 rings (SSSR count). The van der Waals surface area contributed by atoms with Gasteiger partial charge in [0.05, 0.1) is 28.4 Å². The Balaban J connectivity index is 2.49. The van der Waals surface area contributed by atoms with Gasteiger partial charge in [0.15, 0.2) is 0 Å². The molecule has 0 unspecified atom stereocenters. The zero-order chi connectivity index (χ0) is 17.4. The van der Waals surface area contributed by atoms with Crippen LogP contribution in [0.5, 0.6) is 5.75 Å². The quantitative estimate of drug-likeness (QED) is 0.661. The van der Waals surface area contributed by atoms with Crippen LogP contribution in [0.4, 0.5) is 0 Å². The smallest absolute Gasteiger partial charge is 0.348 e. The van der Waals surface area contributed by atoms with Crippen molar-refractivity contribution >= 4 is 34.1 Å². The molecular formula is C18H16Cl2N2O2. The second-order valence-electron chi connectivity index (χ2n) is 5.69. The zero-order valence-electron chi connectivity index (χ0n) is 13.5. The van der Waals surface area contributed by atoms with E-state index in [1.807, 2.05) is 32.0 Å². The SMILES string of the molecule is COc1ccc2c(c1)c(-c1c(Cl)cccc1Cl)nc(=O)n2C(C)C. The predicted octanol–water partition coefficient (Wildman–Crippen LogP) is 4.96. The number of hydrogen-bond donors (Lipinski definition) is 0. The fourth-order valence-electron chi connectivity index (χ4n) is 2.77. The number of halogens is 2. The molecule has 0 amide bonds. The van der Waals surface area contributed by atoms with E-state index in [1.165, 1.54) is 0 Å². The van der Waals surface area contributed by atoms with Gasteiger partial charge in [-0.25, -0.2) is 4.79 Å². The Bertz CT molecular complexity index is 960. The first-order valence-corrected chi connectivity index (χ1v) is 8.24. The third-order valence-electron chi connectivity index (χ3n) is 3.85. The number of nitrogens with zero attached hydrogens (tertiary/aromatic N) is 2. The third-order valence-corrected chi connectivity index (χ3v) is 4.48. The lowest BCUT2D eigenvalue weighted by atomic mass is 10.1. The molecule has 124 valence electrons. The number of ether oxygens (including phenoxy) is 1. The number of aromatic nitrogens is 2. The number of fused-ring (bicyclic) bond motifs is 1. The molecule has 0 aliphatic rings. The topological polar surface area (TPSA) is 44.1 Å². The van der Waals surface area contributed by atoms with E-state index < -0.39 is 0 Å². The van der Waals surface area contributed by atoms with E-state index in [2.05, 4.69) is 4.98 Å². The minimum Gasteiger partial charge on any atom is -0.497 e. The van der Waals surface area contributed by atoms with E-state index in [0.717, 1.165) is 10.9 Å². The molecule has 24 heavy (non-hydrogen) atoms. The van der Waals surface area contributed by atoms with Crippen molar-refractivity contribution in [1.29, 1.82) is 0 Å². The van der Waals surface area contributed by atoms with Crippen molar-refractivity contribution < 1.29 is 4.74 Å². The molecule has 0 spiro atoms. The molecule has 0 bridgehead atoms. The molecule has 0 aliphatic carbocycles. The number of rotatable bonds is 3. The molecule has 6 heteroatoms. The average molecular weight is 363 g/mol. The van der Waals surface area contributed by atoms with Crippen molar-refractivity contribution in [1.82, 2.24) is 9.55 Å². The summed E-state index contributed by atoms with van der Waals surface area (Å²) in [6, 6.07) is 10.7. The molecule has 0 aliphatic heterocycles. The third kappa shape index (κ3) is 2.76. The first-order valence-electron chi connectivity index (χ1n) is 7.48. The monoisotopic (exact) mass is 362 g/mol. The van der Waals surface area contributed by atoms with Crippen LogP contribution < -0.4 is 10.4 Å². The Kier molecular flexibility index (Phi) is 4.52. The van der Waals surface area contributed by atoms with Crippen LogP contribution in [0, 0.1) is 0 Å². The molecule has 0 fully saturated rings. The lowest BCUT2D eigenvalue weighted by Crippen LogP contribution is -2.25. The Labute approximate surface area is 149 Å². The molecule has 3 aromatic rings. The molecule has 0 radical (unpaired) electrons. The fourth-order valence-corrected chi connectivity index (χ4v) is 3.34. The van der Waals surface area contributed by atoms with Gasteiger partial charge in [0.2, 0.25) is 0 Å². The predicted molar refractivity (Wildman–Crippen MR) is 98.4 cm³/mol. The van der Waals surface area contributed by atoms with E-state index >= 15 is 0 Å². The van der Waals surface area contributed by atoms with Crippen LogP contribution >= 0.6 is 23.2 Å². The highest BCUT2D eigenvalue weighted by Crippen LogP contribution is 2.37. The summed E-state index contributed by atoms with van der Waals surface area (Å²) < 4.78 is 6.96. The van der Waals surface area contributed by atoms with Crippen molar-refractivity contribution in [2.45, 2.75) is 19.9 Å². The van der Waals surface area contributed by atoms with E-state index in [9.17, 15) is 4.79 Å². The van der Waals surface area contributed by atoms with Gasteiger partial charge < -0.3 is 4.74 Å². The summed E-state index contributed by atoms with van der Waals surface area (Å²) in [4.78, 5) is 16.9. The summed E-state index contributed by atoms with van der Waals surface area (Å²) in [7, 11) is 1.59. The molecule has 0 atom stereocenters. The maximum atomic E-state index is 12.6. The highest BCUT2D eigenvalue weighted by atomic mass is 35.5. The molecule has 2 aromatic carbocycles. The van der Waals surface area contributed by atoms with Gasteiger partial charge in [0.1, 0.15) is 5.75 Å². The minimum atomic E-state index is -0.339. The van der Waals surface area contributed by atoms with Crippen LogP contribution in [-0.2, 0) is 0 Å². The van der Waals surface area contributed by atoms with Crippen molar-refractivity contribution in [3.8, 4) is 17.0 Å². The van der Waals surface area contributed by atoms with Gasteiger partial charge in [-0.05, 0) is 44.2 Å². The van der Waals surface area contributed by atoms with Gasteiger partial charge in [-0.3, -0.25) is 4.57 Å². The molecule has 4 nitrogen and oxygen atoms in total. The summed E-state index contributed by atoms with van der Waals surface area (Å²) in [5.41, 5.74) is 1.43. The van der Waals surface area contributed by atoms with Crippen molar-refractivity contribution in [3.05, 3.63) is 56.9 Å². The average Bonchev–Trinajstić information content (AvgIpc) is 2.53. The van der Waals surface area contributed by atoms with Gasteiger partial charge in [0.25, 0.3) is 0 Å². The molecule has 0 saturated carbocycles. The summed E-state index contributed by atoms with van der Waals surface area (Å²) in [6.45, 7) is 3.88. The highest BCUT2D eigenvalue weighted by molar-refractivity contribution is 6.39. The maximum Gasteiger partial charge on any atom is 0.348 e. The minimum absolute atomic E-state index is 0.0309. The molecule has 1 aromatic heterocycles. The Morgan fingerprint density at radius 1 is 1.12 bits per heavy atom. The second kappa shape index (κ2) is 6.46. The van der Waals surface area contributed by atoms with Gasteiger partial charge in [-0.2, -0.15) is 4.98 Å². The van der Waals surface area contributed by atoms with Crippen LogP contribution in [0.2, 0.25) is 10.0 Å². The van der Waals surface area contributed by atoms with Crippen LogP contribution in [0.25, 0.3) is 22.2 Å². The van der Waals surface area contributed by atoms with Gasteiger partial charge in [-0.15, -0.1) is 0 Å². The maximum absolute atomic E-state index is 12.6. The number of benzene rings is 2. The second-order valence-corrected chi connectivity index (χ2v) is 6.50. The normalized spacial score (nSPS) is 11.2. The molecule has 0 saturated heterocycles. The summed E-state index contributed by atoms with van der Waals surface area (Å²) in [6.07, 6.45) is 0. The lowest BCUT2D eigenvalue weighted by molar-refractivity contribution is 0.415. The van der Waals surface area contributed by atoms with Gasteiger partial charge in [-0.1, -0.05) is 29.3 Å². The van der Waals surface area contributed by atoms with E-state index in [0.29, 0.717) is 27.1 Å². The summed E-state index contributed by atoms with van der Waals surface area (Å²) in [5, 5.41) is 1.65. The van der Waals surface area contributed by atoms with Gasteiger partial charge in [0, 0.05) is 17.0 Å². The van der Waals surface area contributed by atoms with Crippen molar-refractivity contribution in [3.63, 3.8) is 0 Å². The molecular weight excluding hydrogens is 347 g/mol. The largest absolute Gasteiger partial charge is 0.497 e. The Hall–Kier alpha value is -2.04. The fraction of sp³-hybridized carbons (Fsp3) is 0.222. The lowest BCUT2D eigenvalue weighted by Gasteiger charge is -2.17. The van der Waals surface area contributed by atoms with Gasteiger partial charge >= 0.3 is 5.69 Å². The number of hydrogen-bond acceptors (Lipinski definition) is 3. The van der Waals surface area contributed by atoms with E-state index in [4.69, 9.17) is 27.9 Å². The van der Waals surface area contributed by atoms with Crippen LogP contribution in [-0.4, -0.2) is 16.7 Å². The Morgan fingerprint density at radius 2 is 1.79 bits per heavy atom. The summed E-state index contributed by atoms with van der Waals surface area (Å²) >= 11 is 12.7. The van der Waals surface area contributed by atoms with Crippen molar-refractivity contribution in [2.75, 3.05) is 7.11 Å². The van der Waals surface area contributed by atoms with Crippen molar-refractivity contribution in [2.24, 2.45) is 0 Å². The standard InChI is InChI=1S/C18H16Cl2N2O2/c1-10(2)22-15-8-7-11(24-3)9-12(15)17(21-18(22)23)16-13(19)5-4-6-14(16)20/h4-10H,1-3H3. The number of methoxy groups -OCH3 is 1. The Morgan fingerprint density at radius 3 is 2.38 bits per heavy atom. The first-order chi connectivity index (χ1) is 11.4. The first kappa shape index (κ1) is 16.8. The highest BCUT2D eigenvalue weighted by Gasteiger charge is 2.18. The summed E-state index contributed by atoms with van der Waals surface area (Å²) in [5.74, 6) is 0.669.